The summed E-state index contributed by atoms with van der Waals surface area (Å²) < 4.78 is 9.82. The molecule has 0 radical (unpaired) electrons. The van der Waals surface area contributed by atoms with Crippen molar-refractivity contribution in [2.24, 2.45) is 4.99 Å². The van der Waals surface area contributed by atoms with E-state index in [1.807, 2.05) is 20.2 Å². The molecule has 4 rings (SSSR count). The highest BCUT2D eigenvalue weighted by atomic mass is 16.6. The van der Waals surface area contributed by atoms with Crippen LogP contribution in [0, 0.1) is 13.8 Å². The number of hydrogen-bond acceptors (Lipinski definition) is 8. The van der Waals surface area contributed by atoms with Crippen LogP contribution < -0.4 is 21.3 Å². The van der Waals surface area contributed by atoms with Crippen molar-refractivity contribution in [3.05, 3.63) is 77.9 Å². The molecule has 0 aliphatic heterocycles. The number of nitrogens with zero attached hydrogens (tertiary/aromatic N) is 2. The van der Waals surface area contributed by atoms with Gasteiger partial charge in [-0.25, -0.2) is 14.6 Å². The highest BCUT2D eigenvalue weighted by Crippen LogP contribution is 2.31. The van der Waals surface area contributed by atoms with Crippen LogP contribution in [-0.2, 0) is 9.47 Å². The van der Waals surface area contributed by atoms with Crippen molar-refractivity contribution in [3.8, 4) is 0 Å². The van der Waals surface area contributed by atoms with Gasteiger partial charge in [0.05, 0.1) is 16.7 Å². The molecular formula is C36H50N6O4. The Balaban J connectivity index is 0.000000264. The van der Waals surface area contributed by atoms with Crippen LogP contribution >= 0.6 is 0 Å². The summed E-state index contributed by atoms with van der Waals surface area (Å²) in [6, 6.07) is 22.9. The molecule has 10 heteroatoms. The molecule has 4 N–H and O–H groups in total. The predicted octanol–water partition coefficient (Wildman–Crippen LogP) is 7.84. The minimum absolute atomic E-state index is 0.593. The lowest BCUT2D eigenvalue weighted by atomic mass is 10.1. The number of carbonyl (C=O) groups is 2. The third kappa shape index (κ3) is 13.5. The van der Waals surface area contributed by atoms with E-state index in [1.165, 1.54) is 16.5 Å². The van der Waals surface area contributed by atoms with Crippen molar-refractivity contribution < 1.29 is 19.1 Å². The number of nitrogens with one attached hydrogen (secondary N) is 4. The van der Waals surface area contributed by atoms with Gasteiger partial charge < -0.3 is 25.4 Å². The number of likely N-dealkylation sites (N-methyl/N-ethyl adjacent to an activating group) is 1. The normalized spacial score (nSPS) is 11.2. The van der Waals surface area contributed by atoms with E-state index >= 15 is 0 Å². The van der Waals surface area contributed by atoms with Crippen LogP contribution in [0.4, 0.5) is 21.0 Å². The van der Waals surface area contributed by atoms with Crippen molar-refractivity contribution in [3.63, 3.8) is 0 Å². The number of pyridine rings is 1. The Kier molecular flexibility index (Phi) is 14.4. The number of aryl methyl sites for hydroxylation is 2. The molecule has 2 amide bonds. The van der Waals surface area contributed by atoms with Gasteiger partial charge in [-0.3, -0.25) is 5.32 Å². The SMILES string of the molecule is CC(C)(C)OC(=O)/N=C/NC(=O)OC(C)(C)C.CNCCNc1c2ccccc2nc2cc(NC)ccc12.Cc1ccccc1C. The number of fused-ring (bicyclic) bond motifs is 2. The van der Waals surface area contributed by atoms with Crippen LogP contribution in [-0.4, -0.2) is 61.9 Å². The Morgan fingerprint density at radius 1 is 0.783 bits per heavy atom. The van der Waals surface area contributed by atoms with Gasteiger partial charge in [0.25, 0.3) is 0 Å². The largest absolute Gasteiger partial charge is 0.444 e. The number of ether oxygens (including phenoxy) is 2. The fourth-order valence-corrected chi connectivity index (χ4v) is 3.95. The number of alkyl carbamates (subject to hydrolysis) is 1. The molecule has 0 fully saturated rings. The number of amides is 2. The van der Waals surface area contributed by atoms with Gasteiger partial charge in [-0.2, -0.15) is 4.99 Å². The lowest BCUT2D eigenvalue weighted by Gasteiger charge is -2.18. The maximum atomic E-state index is 11.1. The summed E-state index contributed by atoms with van der Waals surface area (Å²) in [5, 5.41) is 14.4. The van der Waals surface area contributed by atoms with Crippen molar-refractivity contribution in [2.45, 2.75) is 66.6 Å². The highest BCUT2D eigenvalue weighted by molar-refractivity contribution is 6.08. The first-order valence-electron chi connectivity index (χ1n) is 15.3. The second-order valence-electron chi connectivity index (χ2n) is 12.5. The minimum Gasteiger partial charge on any atom is -0.444 e. The van der Waals surface area contributed by atoms with Gasteiger partial charge in [0.1, 0.15) is 17.5 Å². The second kappa shape index (κ2) is 17.7. The number of carbonyl (C=O) groups excluding carboxylic acids is 2. The van der Waals surface area contributed by atoms with Crippen LogP contribution in [0.1, 0.15) is 52.7 Å². The quantitative estimate of drug-likeness (QED) is 0.0735. The molecule has 0 saturated carbocycles. The molecule has 4 aromatic rings. The van der Waals surface area contributed by atoms with Gasteiger partial charge in [-0.1, -0.05) is 42.5 Å². The Bertz CT molecular complexity index is 1590. The van der Waals surface area contributed by atoms with Crippen molar-refractivity contribution in [1.82, 2.24) is 15.6 Å². The molecular weight excluding hydrogens is 580 g/mol. The number of rotatable bonds is 6. The molecule has 46 heavy (non-hydrogen) atoms. The first-order chi connectivity index (χ1) is 21.6. The Labute approximate surface area is 273 Å². The van der Waals surface area contributed by atoms with E-state index in [1.54, 1.807) is 41.5 Å². The number of hydrogen-bond donors (Lipinski definition) is 4. The molecule has 0 aliphatic carbocycles. The minimum atomic E-state index is -0.770. The number of para-hydroxylation sites is 1. The van der Waals surface area contributed by atoms with Gasteiger partial charge in [-0.05, 0) is 97.8 Å². The number of aromatic nitrogens is 1. The van der Waals surface area contributed by atoms with Gasteiger partial charge in [0.2, 0.25) is 0 Å². The summed E-state index contributed by atoms with van der Waals surface area (Å²) in [6.45, 7) is 16.4. The maximum Gasteiger partial charge on any atom is 0.435 e. The van der Waals surface area contributed by atoms with Gasteiger partial charge in [0, 0.05) is 36.6 Å². The fraction of sp³-hybridized carbons (Fsp3) is 0.389. The summed E-state index contributed by atoms with van der Waals surface area (Å²) in [6.07, 6.45) is -0.499. The molecule has 0 unspecified atom stereocenters. The number of aliphatic imine (C=N–C) groups is 1. The van der Waals surface area contributed by atoms with Crippen molar-refractivity contribution in [2.75, 3.05) is 37.8 Å². The average Bonchev–Trinajstić information content (AvgIpc) is 2.97. The fourth-order valence-electron chi connectivity index (χ4n) is 3.95. The number of anilines is 2. The molecule has 0 aliphatic rings. The number of benzene rings is 3. The third-order valence-corrected chi connectivity index (χ3v) is 6.22. The van der Waals surface area contributed by atoms with Gasteiger partial charge in [-0.15, -0.1) is 0 Å². The van der Waals surface area contributed by atoms with Crippen molar-refractivity contribution >= 4 is 51.7 Å². The first kappa shape index (κ1) is 37.5. The van der Waals surface area contributed by atoms with Crippen LogP contribution in [0.2, 0.25) is 0 Å². The Morgan fingerprint density at radius 2 is 1.37 bits per heavy atom. The van der Waals surface area contributed by atoms with Crippen LogP contribution in [0.15, 0.2) is 71.7 Å². The zero-order valence-electron chi connectivity index (χ0n) is 28.9. The van der Waals surface area contributed by atoms with Crippen LogP contribution in [0.25, 0.3) is 21.8 Å². The molecule has 248 valence electrons. The Hall–Kier alpha value is -4.70. The van der Waals surface area contributed by atoms with Crippen LogP contribution in [0.5, 0.6) is 0 Å². The average molecular weight is 631 g/mol. The van der Waals surface area contributed by atoms with E-state index in [0.717, 1.165) is 47.2 Å². The van der Waals surface area contributed by atoms with Gasteiger partial charge >= 0.3 is 12.2 Å². The monoisotopic (exact) mass is 630 g/mol. The molecule has 0 bridgehead atoms. The zero-order valence-corrected chi connectivity index (χ0v) is 28.9. The standard InChI is InChI=1S/C17H20N4.C11H20N2O4.C8H10/c1-18-9-10-20-17-13-5-3-4-6-15(13)21-16-11-12(19-2)7-8-14(16)17;1-10(2,3)16-8(14)12-7-13-9(15)17-11(4,5)6;1-7-5-3-4-6-8(7)2/h3-8,11,18-19H,9-10H2,1-2H3,(H,20,21);7H,1-6H3,(H,12,13,14,15);3-6H,1-2H3. The van der Waals surface area contributed by atoms with E-state index in [-0.39, 0.29) is 0 Å². The first-order valence-corrected chi connectivity index (χ1v) is 15.3. The Morgan fingerprint density at radius 3 is 1.93 bits per heavy atom. The lowest BCUT2D eigenvalue weighted by molar-refractivity contribution is 0.0565. The molecule has 0 spiro atoms. The van der Waals surface area contributed by atoms with Crippen LogP contribution in [0.3, 0.4) is 0 Å². The summed E-state index contributed by atoms with van der Waals surface area (Å²) >= 11 is 0. The molecule has 1 aromatic heterocycles. The predicted molar refractivity (Wildman–Crippen MR) is 191 cm³/mol. The van der Waals surface area contributed by atoms with Crippen molar-refractivity contribution in [1.29, 1.82) is 0 Å². The van der Waals surface area contributed by atoms with E-state index in [4.69, 9.17) is 14.5 Å². The van der Waals surface area contributed by atoms with E-state index in [0.29, 0.717) is 0 Å². The molecule has 0 atom stereocenters. The second-order valence-corrected chi connectivity index (χ2v) is 12.5. The van der Waals surface area contributed by atoms with E-state index in [9.17, 15) is 9.59 Å². The summed E-state index contributed by atoms with van der Waals surface area (Å²) in [4.78, 5) is 30.4. The third-order valence-electron chi connectivity index (χ3n) is 6.22. The zero-order chi connectivity index (χ0) is 34.3. The highest BCUT2D eigenvalue weighted by Gasteiger charge is 2.17. The summed E-state index contributed by atoms with van der Waals surface area (Å²) in [5.74, 6) is 0. The van der Waals surface area contributed by atoms with E-state index in [2.05, 4.69) is 101 Å². The maximum absolute atomic E-state index is 11.1. The molecule has 10 nitrogen and oxygen atoms in total. The summed E-state index contributed by atoms with van der Waals surface area (Å²) in [5.41, 5.74) is 5.79. The summed E-state index contributed by atoms with van der Waals surface area (Å²) in [7, 11) is 3.89. The molecule has 1 heterocycles. The molecule has 3 aromatic carbocycles. The van der Waals surface area contributed by atoms with E-state index < -0.39 is 23.4 Å². The topological polar surface area (TPSA) is 126 Å². The van der Waals surface area contributed by atoms with Gasteiger partial charge in [0.15, 0.2) is 0 Å². The molecule has 0 saturated heterocycles. The lowest BCUT2D eigenvalue weighted by Crippen LogP contribution is -2.32. The smallest absolute Gasteiger partial charge is 0.435 e.